The number of halogens is 4. The summed E-state index contributed by atoms with van der Waals surface area (Å²) in [6.45, 7) is 1.52. The number of rotatable bonds is 3. The highest BCUT2D eigenvalue weighted by atomic mass is 79.9. The minimum atomic E-state index is -4.47. The number of aryl methyl sites for hydroxylation is 1. The number of alkyl halides is 3. The molecular formula is C12H8BrF3N2O2S. The zero-order chi connectivity index (χ0) is 15.8. The number of anilines is 2. The van der Waals surface area contributed by atoms with Gasteiger partial charge in [0, 0.05) is 10.2 Å². The Balaban J connectivity index is 2.34. The van der Waals surface area contributed by atoms with Crippen molar-refractivity contribution in [3.8, 4) is 0 Å². The summed E-state index contributed by atoms with van der Waals surface area (Å²) < 4.78 is 38.4. The molecule has 4 nitrogen and oxygen atoms in total. The Morgan fingerprint density at radius 1 is 1.38 bits per heavy atom. The van der Waals surface area contributed by atoms with Crippen LogP contribution in [0.1, 0.15) is 20.9 Å². The summed E-state index contributed by atoms with van der Waals surface area (Å²) in [6, 6.07) is 3.34. The Labute approximate surface area is 129 Å². The Hall–Kier alpha value is -1.61. The van der Waals surface area contributed by atoms with Crippen LogP contribution in [-0.4, -0.2) is 16.1 Å². The average molecular weight is 381 g/mol. The fourth-order valence-corrected chi connectivity index (χ4v) is 2.92. The van der Waals surface area contributed by atoms with Gasteiger partial charge in [-0.25, -0.2) is 9.78 Å². The number of carboxylic acid groups (broad SMARTS) is 1. The van der Waals surface area contributed by atoms with Gasteiger partial charge in [-0.05, 0) is 25.1 Å². The number of benzene rings is 1. The van der Waals surface area contributed by atoms with E-state index in [0.717, 1.165) is 23.5 Å². The summed E-state index contributed by atoms with van der Waals surface area (Å²) in [5, 5.41) is 11.8. The van der Waals surface area contributed by atoms with Crippen molar-refractivity contribution in [2.75, 3.05) is 5.32 Å². The van der Waals surface area contributed by atoms with Crippen molar-refractivity contribution < 1.29 is 23.1 Å². The number of nitrogens with zero attached hydrogens (tertiary/aromatic N) is 1. The van der Waals surface area contributed by atoms with E-state index >= 15 is 0 Å². The van der Waals surface area contributed by atoms with Crippen LogP contribution in [0.25, 0.3) is 0 Å². The van der Waals surface area contributed by atoms with Crippen LogP contribution in [0.3, 0.4) is 0 Å². The zero-order valence-corrected chi connectivity index (χ0v) is 12.9. The number of aromatic carboxylic acids is 1. The molecule has 0 saturated carbocycles. The van der Waals surface area contributed by atoms with Crippen molar-refractivity contribution in [3.63, 3.8) is 0 Å². The van der Waals surface area contributed by atoms with Crippen LogP contribution in [-0.2, 0) is 6.18 Å². The molecule has 1 aromatic carbocycles. The molecule has 21 heavy (non-hydrogen) atoms. The Morgan fingerprint density at radius 3 is 2.57 bits per heavy atom. The van der Waals surface area contributed by atoms with Crippen LogP contribution in [0, 0.1) is 6.92 Å². The van der Waals surface area contributed by atoms with Crippen LogP contribution in [0.2, 0.25) is 0 Å². The number of thiazole rings is 1. The van der Waals surface area contributed by atoms with E-state index in [1.165, 1.54) is 13.0 Å². The molecule has 112 valence electrons. The number of hydrogen-bond acceptors (Lipinski definition) is 4. The summed E-state index contributed by atoms with van der Waals surface area (Å²) in [5.41, 5.74) is -0.338. The van der Waals surface area contributed by atoms with Crippen LogP contribution >= 0.6 is 27.3 Å². The fraction of sp³-hybridized carbons (Fsp3) is 0.167. The van der Waals surface area contributed by atoms with Gasteiger partial charge in [-0.15, -0.1) is 0 Å². The van der Waals surface area contributed by atoms with E-state index in [1.807, 2.05) is 0 Å². The normalized spacial score (nSPS) is 11.5. The third-order valence-electron chi connectivity index (χ3n) is 2.47. The van der Waals surface area contributed by atoms with Gasteiger partial charge in [0.25, 0.3) is 0 Å². The van der Waals surface area contributed by atoms with Gasteiger partial charge in [0.1, 0.15) is 4.88 Å². The highest BCUT2D eigenvalue weighted by Gasteiger charge is 2.31. The molecule has 2 aromatic rings. The molecule has 0 bridgehead atoms. The molecule has 0 aliphatic carbocycles. The Kier molecular flexibility index (Phi) is 4.24. The van der Waals surface area contributed by atoms with E-state index in [2.05, 4.69) is 26.2 Å². The molecule has 0 fully saturated rings. The van der Waals surface area contributed by atoms with Gasteiger partial charge in [0.2, 0.25) is 0 Å². The van der Waals surface area contributed by atoms with E-state index in [9.17, 15) is 18.0 Å². The fourth-order valence-electron chi connectivity index (χ4n) is 1.60. The van der Waals surface area contributed by atoms with Crippen molar-refractivity contribution in [3.05, 3.63) is 38.8 Å². The molecular weight excluding hydrogens is 373 g/mol. The molecule has 1 aromatic heterocycles. The monoisotopic (exact) mass is 380 g/mol. The molecule has 0 aliphatic heterocycles. The van der Waals surface area contributed by atoms with Crippen molar-refractivity contribution in [1.29, 1.82) is 0 Å². The Bertz CT molecular complexity index is 700. The van der Waals surface area contributed by atoms with Crippen LogP contribution in [0.15, 0.2) is 22.7 Å². The number of hydrogen-bond donors (Lipinski definition) is 2. The second kappa shape index (κ2) is 5.64. The molecule has 0 radical (unpaired) electrons. The maximum absolute atomic E-state index is 12.7. The predicted octanol–water partition coefficient (Wildman–Crippen LogP) is 4.67. The minimum Gasteiger partial charge on any atom is -0.477 e. The third-order valence-corrected chi connectivity index (χ3v) is 3.99. The second-order valence-corrected chi connectivity index (χ2v) is 6.00. The van der Waals surface area contributed by atoms with Crippen molar-refractivity contribution >= 4 is 44.1 Å². The largest absolute Gasteiger partial charge is 0.477 e. The Morgan fingerprint density at radius 2 is 2.05 bits per heavy atom. The predicted molar refractivity (Wildman–Crippen MR) is 76.2 cm³/mol. The van der Waals surface area contributed by atoms with E-state index in [1.54, 1.807) is 0 Å². The van der Waals surface area contributed by atoms with E-state index in [4.69, 9.17) is 5.11 Å². The number of nitrogens with one attached hydrogen (secondary N) is 1. The topological polar surface area (TPSA) is 62.2 Å². The first-order chi connectivity index (χ1) is 9.66. The molecule has 2 N–H and O–H groups in total. The zero-order valence-electron chi connectivity index (χ0n) is 10.5. The molecule has 0 atom stereocenters. The quantitative estimate of drug-likeness (QED) is 0.811. The summed E-state index contributed by atoms with van der Waals surface area (Å²) in [4.78, 5) is 14.9. The molecule has 1 heterocycles. The van der Waals surface area contributed by atoms with E-state index in [0.29, 0.717) is 5.69 Å². The van der Waals surface area contributed by atoms with Gasteiger partial charge in [0.15, 0.2) is 5.13 Å². The number of aromatic nitrogens is 1. The van der Waals surface area contributed by atoms with Gasteiger partial charge >= 0.3 is 12.1 Å². The van der Waals surface area contributed by atoms with E-state index in [-0.39, 0.29) is 20.2 Å². The summed E-state index contributed by atoms with van der Waals surface area (Å²) >= 11 is 3.87. The van der Waals surface area contributed by atoms with Crippen LogP contribution in [0.5, 0.6) is 0 Å². The molecule has 9 heteroatoms. The maximum atomic E-state index is 12.7. The lowest BCUT2D eigenvalue weighted by atomic mass is 10.2. The van der Waals surface area contributed by atoms with Gasteiger partial charge in [-0.3, -0.25) is 0 Å². The first-order valence-corrected chi connectivity index (χ1v) is 7.13. The number of carbonyl (C=O) groups is 1. The first kappa shape index (κ1) is 15.8. The molecule has 0 spiro atoms. The molecule has 0 amide bonds. The van der Waals surface area contributed by atoms with Gasteiger partial charge < -0.3 is 10.4 Å². The van der Waals surface area contributed by atoms with Crippen LogP contribution < -0.4 is 5.32 Å². The summed E-state index contributed by atoms with van der Waals surface area (Å²) in [6.07, 6.45) is -4.47. The molecule has 0 unspecified atom stereocenters. The van der Waals surface area contributed by atoms with E-state index < -0.39 is 17.7 Å². The molecule has 0 aliphatic rings. The smallest absolute Gasteiger partial charge is 0.416 e. The van der Waals surface area contributed by atoms with Crippen LogP contribution in [0.4, 0.5) is 24.0 Å². The maximum Gasteiger partial charge on any atom is 0.416 e. The molecule has 2 rings (SSSR count). The average Bonchev–Trinajstić information content (AvgIpc) is 2.68. The highest BCUT2D eigenvalue weighted by molar-refractivity contribution is 9.10. The van der Waals surface area contributed by atoms with Gasteiger partial charge in [0.05, 0.1) is 11.3 Å². The minimum absolute atomic E-state index is 0.0449. The number of carboxylic acids is 1. The SMILES string of the molecule is Cc1nc(Nc2cc(Br)cc(C(F)(F)F)c2)sc1C(=O)O. The van der Waals surface area contributed by atoms with Gasteiger partial charge in [-0.1, -0.05) is 27.3 Å². The van der Waals surface area contributed by atoms with Crippen molar-refractivity contribution in [1.82, 2.24) is 4.98 Å². The lowest BCUT2D eigenvalue weighted by molar-refractivity contribution is -0.137. The second-order valence-electron chi connectivity index (χ2n) is 4.09. The van der Waals surface area contributed by atoms with Crippen molar-refractivity contribution in [2.24, 2.45) is 0 Å². The first-order valence-electron chi connectivity index (χ1n) is 5.52. The van der Waals surface area contributed by atoms with Gasteiger partial charge in [-0.2, -0.15) is 13.2 Å². The lowest BCUT2D eigenvalue weighted by Gasteiger charge is -2.10. The summed E-state index contributed by atoms with van der Waals surface area (Å²) in [7, 11) is 0. The van der Waals surface area contributed by atoms with Crippen molar-refractivity contribution in [2.45, 2.75) is 13.1 Å². The molecule has 0 saturated heterocycles. The summed E-state index contributed by atoms with van der Waals surface area (Å²) in [5.74, 6) is -1.12. The third kappa shape index (κ3) is 3.73. The highest BCUT2D eigenvalue weighted by Crippen LogP contribution is 2.35. The standard InChI is InChI=1S/C12H8BrF3N2O2S/c1-5-9(10(19)20)21-11(17-5)18-8-3-6(12(14,15)16)2-7(13)4-8/h2-4H,1H3,(H,17,18)(H,19,20). The lowest BCUT2D eigenvalue weighted by Crippen LogP contribution is -2.05.